The van der Waals surface area contributed by atoms with Gasteiger partial charge in [0, 0.05) is 45.5 Å². The number of ether oxygens (including phenoxy) is 4. The fraction of sp³-hybridized carbons (Fsp3) is 0.765. The molecule has 2 aliphatic heterocycles. The summed E-state index contributed by atoms with van der Waals surface area (Å²) in [5, 5.41) is 34.8. The maximum Gasteiger partial charge on any atom is 0.410 e. The smallest absolute Gasteiger partial charge is 0.410 e. The Kier molecular flexibility index (Phi) is 15.2. The zero-order valence-corrected chi connectivity index (χ0v) is 28.7. The molecule has 258 valence electrons. The van der Waals surface area contributed by atoms with E-state index in [4.69, 9.17) is 18.9 Å². The van der Waals surface area contributed by atoms with Crippen molar-refractivity contribution in [3.63, 3.8) is 0 Å². The fourth-order valence-electron chi connectivity index (χ4n) is 5.58. The quantitative estimate of drug-likeness (QED) is 0.102. The van der Waals surface area contributed by atoms with Gasteiger partial charge in [0.25, 0.3) is 0 Å². The Morgan fingerprint density at radius 1 is 1.36 bits per heavy atom. The Bertz CT molecular complexity index is 1040. The number of cyclic esters (lactones) is 1. The summed E-state index contributed by atoms with van der Waals surface area (Å²) < 4.78 is 23.4. The van der Waals surface area contributed by atoms with E-state index >= 15 is 0 Å². The zero-order valence-electron chi connectivity index (χ0n) is 28.7. The molecule has 0 saturated carbocycles. The molecule has 45 heavy (non-hydrogen) atoms. The molecule has 0 radical (unpaired) electrons. The molecule has 0 bridgehead atoms. The Labute approximate surface area is 269 Å². The van der Waals surface area contributed by atoms with Gasteiger partial charge in [0.05, 0.1) is 36.4 Å². The second-order valence-electron chi connectivity index (χ2n) is 13.2. The van der Waals surface area contributed by atoms with Crippen LogP contribution in [0.1, 0.15) is 73.6 Å². The van der Waals surface area contributed by atoms with E-state index < -0.39 is 47.7 Å². The number of hydrogen-bond donors (Lipinski definition) is 4. The molecule has 1 amide bonds. The van der Waals surface area contributed by atoms with E-state index in [0.717, 1.165) is 5.57 Å². The average Bonchev–Trinajstić information content (AvgIpc) is 3.75. The number of carbonyl (C=O) groups is 2. The number of carbonyl (C=O) groups excluding carboxylic acids is 2. The highest BCUT2D eigenvalue weighted by atomic mass is 16.6. The van der Waals surface area contributed by atoms with Crippen molar-refractivity contribution in [2.75, 3.05) is 34.3 Å². The Hall–Kier alpha value is -2.28. The predicted octanol–water partition coefficient (Wildman–Crippen LogP) is 3.51. The first kappa shape index (κ1) is 38.9. The summed E-state index contributed by atoms with van der Waals surface area (Å²) in [4.78, 5) is 27.3. The maximum absolute atomic E-state index is 12.9. The van der Waals surface area contributed by atoms with Crippen molar-refractivity contribution in [3.8, 4) is 0 Å². The average molecular weight is 639 g/mol. The molecule has 2 aliphatic rings. The Balaban J connectivity index is 2.26. The third kappa shape index (κ3) is 12.1. The van der Waals surface area contributed by atoms with Crippen LogP contribution in [0.4, 0.5) is 4.79 Å². The summed E-state index contributed by atoms with van der Waals surface area (Å²) in [6, 6.07) is 0. The normalized spacial score (nSPS) is 33.2. The van der Waals surface area contributed by atoms with Crippen molar-refractivity contribution in [3.05, 3.63) is 36.0 Å². The second kappa shape index (κ2) is 17.6. The van der Waals surface area contributed by atoms with E-state index in [1.165, 1.54) is 12.0 Å². The number of allylic oxidation sites excluding steroid dienone is 2. The first-order valence-corrected chi connectivity index (χ1v) is 16.2. The molecule has 11 nitrogen and oxygen atoms in total. The van der Waals surface area contributed by atoms with Crippen LogP contribution in [0.2, 0.25) is 0 Å². The molecule has 0 aliphatic carbocycles. The van der Waals surface area contributed by atoms with Crippen molar-refractivity contribution in [2.45, 2.75) is 121 Å². The van der Waals surface area contributed by atoms with Gasteiger partial charge < -0.3 is 44.5 Å². The molecule has 0 aromatic rings. The molecule has 2 heterocycles. The van der Waals surface area contributed by atoms with Gasteiger partial charge in [-0.3, -0.25) is 4.79 Å². The first-order chi connectivity index (χ1) is 21.1. The topological polar surface area (TPSA) is 150 Å². The molecule has 1 saturated heterocycles. The molecule has 2 rings (SSSR count). The molecule has 3 unspecified atom stereocenters. The van der Waals surface area contributed by atoms with Crippen molar-refractivity contribution >= 4 is 12.1 Å². The van der Waals surface area contributed by atoms with E-state index in [-0.39, 0.29) is 36.9 Å². The standard InChI is InChI=1S/C34H58N2O9/c1-10-26(38)24(4)31-27(43-31)21-33(5,41)16-11-12-22(2)30-23(3)13-14-28(44-32(40)36(8)19-18-35-7)34(6,42-9)17-15-25(37)20-29(39)45-30/h11-14,16,23-28,30-31,35,37-38,41H,10,15,17-21H2,1-9H3/b14-13+,16-11+,22-12+/t23-,24?,25-,26?,27+,28-,30+,31+,33?,34-/m0/s1. The second-order valence-corrected chi connectivity index (χ2v) is 13.2. The molecule has 1 fully saturated rings. The van der Waals surface area contributed by atoms with Gasteiger partial charge in [-0.15, -0.1) is 0 Å². The molecular formula is C34H58N2O9. The third-order valence-corrected chi connectivity index (χ3v) is 9.05. The van der Waals surface area contributed by atoms with Gasteiger partial charge in [0.2, 0.25) is 0 Å². The van der Waals surface area contributed by atoms with Gasteiger partial charge in [-0.05, 0) is 58.7 Å². The summed E-state index contributed by atoms with van der Waals surface area (Å²) in [7, 11) is 5.01. The largest absolute Gasteiger partial charge is 0.457 e. The number of methoxy groups -OCH3 is 1. The monoisotopic (exact) mass is 638 g/mol. The minimum atomic E-state index is -1.14. The molecule has 11 heteroatoms. The molecule has 0 spiro atoms. The molecule has 0 aromatic heterocycles. The van der Waals surface area contributed by atoms with Crippen molar-refractivity contribution in [2.24, 2.45) is 11.8 Å². The minimum Gasteiger partial charge on any atom is -0.457 e. The van der Waals surface area contributed by atoms with E-state index in [2.05, 4.69) is 5.32 Å². The number of hydrogen-bond acceptors (Lipinski definition) is 10. The van der Waals surface area contributed by atoms with Crippen LogP contribution in [0.15, 0.2) is 36.0 Å². The number of nitrogens with one attached hydrogen (secondary N) is 1. The first-order valence-electron chi connectivity index (χ1n) is 16.2. The van der Waals surface area contributed by atoms with Crippen LogP contribution in [0.5, 0.6) is 0 Å². The Morgan fingerprint density at radius 3 is 2.67 bits per heavy atom. The van der Waals surface area contributed by atoms with Gasteiger partial charge >= 0.3 is 12.1 Å². The van der Waals surface area contributed by atoms with Crippen LogP contribution in [-0.4, -0.2) is 114 Å². The molecule has 0 aromatic carbocycles. The Morgan fingerprint density at radius 2 is 2.04 bits per heavy atom. The van der Waals surface area contributed by atoms with Crippen LogP contribution < -0.4 is 5.32 Å². The fourth-order valence-corrected chi connectivity index (χ4v) is 5.58. The number of nitrogens with zero attached hydrogens (tertiary/aromatic N) is 1. The lowest BCUT2D eigenvalue weighted by Gasteiger charge is -2.36. The van der Waals surface area contributed by atoms with Gasteiger partial charge in [-0.1, -0.05) is 45.1 Å². The van der Waals surface area contributed by atoms with E-state index in [1.54, 1.807) is 45.3 Å². The summed E-state index contributed by atoms with van der Waals surface area (Å²) in [6.45, 7) is 12.2. The van der Waals surface area contributed by atoms with Gasteiger partial charge in [0.15, 0.2) is 6.10 Å². The van der Waals surface area contributed by atoms with E-state index in [0.29, 0.717) is 32.4 Å². The molecule has 4 N–H and O–H groups in total. The van der Waals surface area contributed by atoms with Crippen LogP contribution in [0, 0.1) is 11.8 Å². The zero-order chi connectivity index (χ0) is 33.9. The van der Waals surface area contributed by atoms with Gasteiger partial charge in [-0.25, -0.2) is 4.79 Å². The summed E-state index contributed by atoms with van der Waals surface area (Å²) >= 11 is 0. The number of likely N-dealkylation sites (N-methyl/N-ethyl adjacent to an activating group) is 2. The molecule has 10 atom stereocenters. The number of amides is 1. The summed E-state index contributed by atoms with van der Waals surface area (Å²) in [5.74, 6) is -0.854. The number of rotatable bonds is 13. The van der Waals surface area contributed by atoms with Crippen LogP contribution >= 0.6 is 0 Å². The SMILES string of the molecule is CCC(O)C(C)[C@H]1O[C@@H]1CC(C)(O)/C=C/C=C(\C)[C@H]1OC(=O)C[C@@H](O)CC[C@](C)(OC)[C@@H](OC(=O)N(C)CCNC)/C=C/[C@@H]1C. The van der Waals surface area contributed by atoms with E-state index in [1.807, 2.05) is 40.7 Å². The van der Waals surface area contributed by atoms with Crippen molar-refractivity contribution in [1.82, 2.24) is 10.2 Å². The highest BCUT2D eigenvalue weighted by Gasteiger charge is 2.47. The number of aliphatic hydroxyl groups is 3. The molecular weight excluding hydrogens is 580 g/mol. The van der Waals surface area contributed by atoms with Crippen molar-refractivity contribution in [1.29, 1.82) is 0 Å². The summed E-state index contributed by atoms with van der Waals surface area (Å²) in [6.07, 6.45) is 6.72. The lowest BCUT2D eigenvalue weighted by Crippen LogP contribution is -2.46. The van der Waals surface area contributed by atoms with Crippen LogP contribution in [0.3, 0.4) is 0 Å². The summed E-state index contributed by atoms with van der Waals surface area (Å²) in [5.41, 5.74) is -1.37. The third-order valence-electron chi connectivity index (χ3n) is 9.05. The van der Waals surface area contributed by atoms with Crippen LogP contribution in [-0.2, 0) is 23.7 Å². The van der Waals surface area contributed by atoms with Gasteiger partial charge in [0.1, 0.15) is 11.7 Å². The lowest BCUT2D eigenvalue weighted by atomic mass is 9.88. The number of aliphatic hydroxyl groups excluding tert-OH is 2. The van der Waals surface area contributed by atoms with Crippen molar-refractivity contribution < 1.29 is 43.9 Å². The number of esters is 1. The van der Waals surface area contributed by atoms with Gasteiger partial charge in [-0.2, -0.15) is 0 Å². The highest BCUT2D eigenvalue weighted by Crippen LogP contribution is 2.37. The lowest BCUT2D eigenvalue weighted by molar-refractivity contribution is -0.151. The van der Waals surface area contributed by atoms with E-state index in [9.17, 15) is 24.9 Å². The van der Waals surface area contributed by atoms with Crippen LogP contribution in [0.25, 0.3) is 0 Å². The predicted molar refractivity (Wildman–Crippen MR) is 173 cm³/mol. The highest BCUT2D eigenvalue weighted by molar-refractivity contribution is 5.70. The minimum absolute atomic E-state index is 0.00472. The maximum atomic E-state index is 12.9. The number of epoxide rings is 1.